The highest BCUT2D eigenvalue weighted by Crippen LogP contribution is 2.44. The number of hydrogen-bond acceptors (Lipinski definition) is 3. The van der Waals surface area contributed by atoms with Crippen LogP contribution < -0.4 is 10.1 Å². The molecule has 144 valence electrons. The second-order valence-corrected chi connectivity index (χ2v) is 7.38. The summed E-state index contributed by atoms with van der Waals surface area (Å²) in [6, 6.07) is 15.6. The molecule has 1 saturated carbocycles. The Morgan fingerprint density at radius 3 is 2.07 bits per heavy atom. The predicted octanol–water partition coefficient (Wildman–Crippen LogP) is 5.53. The number of hydrogen-bond donors (Lipinski definition) is 2. The van der Waals surface area contributed by atoms with Gasteiger partial charge in [0.1, 0.15) is 11.5 Å². The number of phenolic OH excluding ortho intramolecular Hbond substituents is 1. The minimum atomic E-state index is -0.410. The van der Waals surface area contributed by atoms with Crippen LogP contribution in [0.25, 0.3) is 0 Å². The van der Waals surface area contributed by atoms with Gasteiger partial charge in [0.25, 0.3) is 0 Å². The summed E-state index contributed by atoms with van der Waals surface area (Å²) in [5.41, 5.74) is 2.45. The summed E-state index contributed by atoms with van der Waals surface area (Å²) in [5, 5.41) is 12.4. The van der Waals surface area contributed by atoms with E-state index in [1.54, 1.807) is 12.1 Å². The van der Waals surface area contributed by atoms with Crippen molar-refractivity contribution in [2.75, 3.05) is 6.54 Å². The molecule has 0 saturated heterocycles. The molecule has 0 unspecified atom stereocenters. The van der Waals surface area contributed by atoms with Crippen molar-refractivity contribution in [3.8, 4) is 11.5 Å². The number of carbonyl (C=O) groups is 1. The quantitative estimate of drug-likeness (QED) is 0.683. The fraction of sp³-hybridized carbons (Fsp3) is 0.435. The summed E-state index contributed by atoms with van der Waals surface area (Å²) < 4.78 is 5.35. The van der Waals surface area contributed by atoms with Gasteiger partial charge in [0.2, 0.25) is 0 Å². The highest BCUT2D eigenvalue weighted by molar-refractivity contribution is 5.70. The Morgan fingerprint density at radius 2 is 1.52 bits per heavy atom. The smallest absolute Gasteiger partial charge is 0.412 e. The van der Waals surface area contributed by atoms with E-state index in [1.807, 2.05) is 31.2 Å². The molecule has 0 bridgehead atoms. The predicted molar refractivity (Wildman–Crippen MR) is 107 cm³/mol. The van der Waals surface area contributed by atoms with Crippen LogP contribution in [0, 0.1) is 0 Å². The Balaban J connectivity index is 1.86. The van der Waals surface area contributed by atoms with Crippen LogP contribution >= 0.6 is 0 Å². The number of phenols is 1. The van der Waals surface area contributed by atoms with Crippen molar-refractivity contribution in [1.82, 2.24) is 5.32 Å². The minimum absolute atomic E-state index is 0.0484. The number of ether oxygens (including phenoxy) is 1. The average molecular weight is 367 g/mol. The van der Waals surface area contributed by atoms with Crippen molar-refractivity contribution in [2.24, 2.45) is 0 Å². The molecule has 3 rings (SSSR count). The first kappa shape index (κ1) is 19.3. The van der Waals surface area contributed by atoms with E-state index in [0.29, 0.717) is 18.0 Å². The molecule has 1 aliphatic carbocycles. The van der Waals surface area contributed by atoms with Gasteiger partial charge in [-0.2, -0.15) is 0 Å². The number of rotatable bonds is 5. The van der Waals surface area contributed by atoms with Gasteiger partial charge in [0, 0.05) is 12.0 Å². The van der Waals surface area contributed by atoms with E-state index < -0.39 is 6.09 Å². The normalized spacial score (nSPS) is 16.3. The third-order valence-corrected chi connectivity index (χ3v) is 5.51. The van der Waals surface area contributed by atoms with Crippen LogP contribution in [-0.4, -0.2) is 17.7 Å². The summed E-state index contributed by atoms with van der Waals surface area (Å²) in [6.45, 7) is 2.62. The maximum absolute atomic E-state index is 11.8. The van der Waals surface area contributed by atoms with Crippen molar-refractivity contribution in [3.63, 3.8) is 0 Å². The van der Waals surface area contributed by atoms with E-state index in [0.717, 1.165) is 19.3 Å². The largest absolute Gasteiger partial charge is 0.508 e. The summed E-state index contributed by atoms with van der Waals surface area (Å²) in [6.07, 6.45) is 7.56. The number of amides is 1. The highest BCUT2D eigenvalue weighted by Gasteiger charge is 2.34. The topological polar surface area (TPSA) is 58.6 Å². The van der Waals surface area contributed by atoms with Crippen LogP contribution in [0.2, 0.25) is 0 Å². The number of benzene rings is 2. The molecule has 27 heavy (non-hydrogen) atoms. The first-order chi connectivity index (χ1) is 13.1. The molecule has 2 aromatic rings. The zero-order chi connectivity index (χ0) is 19.1. The van der Waals surface area contributed by atoms with Gasteiger partial charge in [-0.3, -0.25) is 0 Å². The number of carbonyl (C=O) groups excluding carboxylic acids is 1. The van der Waals surface area contributed by atoms with Gasteiger partial charge >= 0.3 is 6.09 Å². The second kappa shape index (κ2) is 8.94. The standard InChI is InChI=1S/C23H29NO3/c1-2-17-24-22(26)27-21-13-9-19(10-14-21)23(15-5-3-4-6-16-23)18-7-11-20(25)12-8-18/h7-14,25H,2-6,15-17H2,1H3,(H,24,26). The van der Waals surface area contributed by atoms with Crippen molar-refractivity contribution in [1.29, 1.82) is 0 Å². The van der Waals surface area contributed by atoms with E-state index in [2.05, 4.69) is 17.4 Å². The molecule has 0 spiro atoms. The summed E-state index contributed by atoms with van der Waals surface area (Å²) in [5.74, 6) is 0.853. The molecule has 0 atom stereocenters. The fourth-order valence-corrected chi connectivity index (χ4v) is 4.07. The Bertz CT molecular complexity index is 729. The number of nitrogens with one attached hydrogen (secondary N) is 1. The van der Waals surface area contributed by atoms with E-state index in [4.69, 9.17) is 4.74 Å². The molecule has 2 aromatic carbocycles. The van der Waals surface area contributed by atoms with Gasteiger partial charge in [0.15, 0.2) is 0 Å². The maximum atomic E-state index is 11.8. The lowest BCUT2D eigenvalue weighted by Gasteiger charge is -2.34. The van der Waals surface area contributed by atoms with Crippen molar-refractivity contribution >= 4 is 6.09 Å². The SMILES string of the molecule is CCCNC(=O)Oc1ccc(C2(c3ccc(O)cc3)CCCCCC2)cc1. The first-order valence-electron chi connectivity index (χ1n) is 10.00. The third-order valence-electron chi connectivity index (χ3n) is 5.51. The fourth-order valence-electron chi connectivity index (χ4n) is 4.07. The molecule has 1 amide bonds. The third kappa shape index (κ3) is 4.62. The first-order valence-corrected chi connectivity index (χ1v) is 10.00. The van der Waals surface area contributed by atoms with E-state index in [-0.39, 0.29) is 5.41 Å². The summed E-state index contributed by atoms with van der Waals surface area (Å²) in [7, 11) is 0. The molecule has 4 heteroatoms. The Morgan fingerprint density at radius 1 is 0.963 bits per heavy atom. The summed E-state index contributed by atoms with van der Waals surface area (Å²) >= 11 is 0. The van der Waals surface area contributed by atoms with Crippen LogP contribution in [-0.2, 0) is 5.41 Å². The Hall–Kier alpha value is -2.49. The average Bonchev–Trinajstić information content (AvgIpc) is 2.94. The van der Waals surface area contributed by atoms with Crippen molar-refractivity contribution in [2.45, 2.75) is 57.3 Å². The van der Waals surface area contributed by atoms with Crippen molar-refractivity contribution in [3.05, 3.63) is 59.7 Å². The Kier molecular flexibility index (Phi) is 6.38. The monoisotopic (exact) mass is 367 g/mol. The van der Waals surface area contributed by atoms with E-state index >= 15 is 0 Å². The molecule has 1 aliphatic rings. The highest BCUT2D eigenvalue weighted by atomic mass is 16.6. The lowest BCUT2D eigenvalue weighted by atomic mass is 9.69. The molecule has 4 nitrogen and oxygen atoms in total. The molecule has 0 aromatic heterocycles. The van der Waals surface area contributed by atoms with Gasteiger partial charge in [-0.1, -0.05) is 56.9 Å². The Labute approximate surface area is 161 Å². The van der Waals surface area contributed by atoms with Gasteiger partial charge in [-0.05, 0) is 54.7 Å². The molecule has 0 heterocycles. The van der Waals surface area contributed by atoms with E-state index in [9.17, 15) is 9.90 Å². The maximum Gasteiger partial charge on any atom is 0.412 e. The molecular formula is C23H29NO3. The minimum Gasteiger partial charge on any atom is -0.508 e. The molecule has 0 radical (unpaired) electrons. The molecule has 2 N–H and O–H groups in total. The summed E-state index contributed by atoms with van der Waals surface area (Å²) in [4.78, 5) is 11.8. The van der Waals surface area contributed by atoms with Crippen LogP contribution in [0.4, 0.5) is 4.79 Å². The number of aromatic hydroxyl groups is 1. The van der Waals surface area contributed by atoms with Crippen molar-refractivity contribution < 1.29 is 14.6 Å². The lowest BCUT2D eigenvalue weighted by Crippen LogP contribution is -2.28. The van der Waals surface area contributed by atoms with Gasteiger partial charge in [0.05, 0.1) is 0 Å². The zero-order valence-corrected chi connectivity index (χ0v) is 16.0. The second-order valence-electron chi connectivity index (χ2n) is 7.38. The molecule has 0 aliphatic heterocycles. The van der Waals surface area contributed by atoms with Gasteiger partial charge in [-0.15, -0.1) is 0 Å². The van der Waals surface area contributed by atoms with Crippen LogP contribution in [0.5, 0.6) is 11.5 Å². The lowest BCUT2D eigenvalue weighted by molar-refractivity contribution is 0.200. The zero-order valence-electron chi connectivity index (χ0n) is 16.0. The molecular weight excluding hydrogens is 338 g/mol. The van der Waals surface area contributed by atoms with Gasteiger partial charge < -0.3 is 15.2 Å². The molecule has 1 fully saturated rings. The van der Waals surface area contributed by atoms with Gasteiger partial charge in [-0.25, -0.2) is 4.79 Å². The van der Waals surface area contributed by atoms with Crippen LogP contribution in [0.3, 0.4) is 0 Å². The van der Waals surface area contributed by atoms with Crippen LogP contribution in [0.1, 0.15) is 63.0 Å². The van der Waals surface area contributed by atoms with E-state index in [1.165, 1.54) is 36.8 Å². The van der Waals surface area contributed by atoms with Crippen LogP contribution in [0.15, 0.2) is 48.5 Å².